The minimum Gasteiger partial charge on any atom is -0.283 e. The summed E-state index contributed by atoms with van der Waals surface area (Å²) < 4.78 is 4.89. The van der Waals surface area contributed by atoms with E-state index < -0.39 is 0 Å². The summed E-state index contributed by atoms with van der Waals surface area (Å²) in [5.41, 5.74) is 1.76. The Labute approximate surface area is 165 Å². The second-order valence-electron chi connectivity index (χ2n) is 6.15. The van der Waals surface area contributed by atoms with E-state index in [0.29, 0.717) is 16.7 Å². The molecular weight excluding hydrogens is 376 g/mol. The van der Waals surface area contributed by atoms with Gasteiger partial charge >= 0.3 is 0 Å². The maximum Gasteiger partial charge on any atom is 0.297 e. The van der Waals surface area contributed by atoms with Gasteiger partial charge in [-0.25, -0.2) is 14.6 Å². The first-order valence-corrected chi connectivity index (χ1v) is 9.52. The van der Waals surface area contributed by atoms with Crippen molar-refractivity contribution in [2.75, 3.05) is 0 Å². The lowest BCUT2D eigenvalue weighted by molar-refractivity contribution is 0.630. The van der Waals surface area contributed by atoms with Crippen molar-refractivity contribution < 1.29 is 0 Å². The van der Waals surface area contributed by atoms with Crippen LogP contribution in [0.1, 0.15) is 23.7 Å². The first-order chi connectivity index (χ1) is 13.6. The summed E-state index contributed by atoms with van der Waals surface area (Å²) in [6, 6.07) is 11.2. The van der Waals surface area contributed by atoms with Crippen LogP contribution >= 0.6 is 11.8 Å². The van der Waals surface area contributed by atoms with Gasteiger partial charge in [-0.15, -0.1) is 5.10 Å². The second-order valence-corrected chi connectivity index (χ2v) is 7.46. The third-order valence-electron chi connectivity index (χ3n) is 4.41. The van der Waals surface area contributed by atoms with Gasteiger partial charge in [0, 0.05) is 19.4 Å². The molecule has 0 aliphatic rings. The van der Waals surface area contributed by atoms with Gasteiger partial charge in [-0.05, 0) is 42.5 Å². The van der Waals surface area contributed by atoms with Crippen molar-refractivity contribution in [3.05, 3.63) is 70.7 Å². The fourth-order valence-corrected chi connectivity index (χ4v) is 3.78. The van der Waals surface area contributed by atoms with Gasteiger partial charge in [0.2, 0.25) is 5.16 Å². The highest BCUT2D eigenvalue weighted by atomic mass is 32.2. The highest BCUT2D eigenvalue weighted by molar-refractivity contribution is 7.99. The fraction of sp³-hybridized carbons (Fsp3) is 0.222. The third-order valence-corrected chi connectivity index (χ3v) is 5.44. The van der Waals surface area contributed by atoms with Gasteiger partial charge in [-0.1, -0.05) is 30.0 Å². The molecule has 0 N–H and O–H groups in total. The van der Waals surface area contributed by atoms with Gasteiger partial charge in [-0.2, -0.15) is 4.68 Å². The molecule has 4 rings (SSSR count). The molecule has 28 heavy (non-hydrogen) atoms. The summed E-state index contributed by atoms with van der Waals surface area (Å²) in [7, 11) is 1.84. The molecule has 0 bridgehead atoms. The summed E-state index contributed by atoms with van der Waals surface area (Å²) >= 11 is 1.40. The van der Waals surface area contributed by atoms with E-state index in [2.05, 4.69) is 25.5 Å². The van der Waals surface area contributed by atoms with Gasteiger partial charge in [0.1, 0.15) is 5.82 Å². The van der Waals surface area contributed by atoms with Crippen molar-refractivity contribution in [2.45, 2.75) is 24.3 Å². The molecule has 3 aromatic heterocycles. The first kappa shape index (κ1) is 18.1. The van der Waals surface area contributed by atoms with Gasteiger partial charge in [-0.3, -0.25) is 9.48 Å². The minimum absolute atomic E-state index is 0.0775. The molecule has 0 aliphatic carbocycles. The topological polar surface area (TPSA) is 96.3 Å². The Bertz CT molecular complexity index is 1150. The molecular formula is C18H18N8OS. The zero-order chi connectivity index (χ0) is 19.7. The number of nitrogens with zero attached hydrogens (tertiary/aromatic N) is 8. The van der Waals surface area contributed by atoms with Crippen LogP contribution in [-0.2, 0) is 7.05 Å². The van der Waals surface area contributed by atoms with Crippen molar-refractivity contribution >= 4 is 11.8 Å². The molecule has 3 heterocycles. The van der Waals surface area contributed by atoms with Gasteiger partial charge in [0.05, 0.1) is 16.6 Å². The number of benzene rings is 1. The Morgan fingerprint density at radius 3 is 2.50 bits per heavy atom. The van der Waals surface area contributed by atoms with Crippen LogP contribution in [0, 0.1) is 6.92 Å². The van der Waals surface area contributed by atoms with E-state index in [-0.39, 0.29) is 10.8 Å². The number of hydrogen-bond acceptors (Lipinski definition) is 7. The van der Waals surface area contributed by atoms with Crippen LogP contribution in [0.5, 0.6) is 0 Å². The maximum absolute atomic E-state index is 13.2. The second kappa shape index (κ2) is 7.39. The van der Waals surface area contributed by atoms with Gasteiger partial charge in [0.15, 0.2) is 5.69 Å². The highest BCUT2D eigenvalue weighted by Gasteiger charge is 2.23. The molecule has 0 fully saturated rings. The largest absolute Gasteiger partial charge is 0.297 e. The number of thioether (sulfide) groups is 1. The average molecular weight is 394 g/mol. The Kier molecular flexibility index (Phi) is 4.78. The lowest BCUT2D eigenvalue weighted by Gasteiger charge is -2.08. The Hall–Kier alpha value is -3.27. The summed E-state index contributed by atoms with van der Waals surface area (Å²) in [4.78, 5) is 21.8. The Balaban J connectivity index is 1.76. The van der Waals surface area contributed by atoms with Crippen LogP contribution in [0.15, 0.2) is 58.7 Å². The van der Waals surface area contributed by atoms with E-state index in [1.807, 2.05) is 51.2 Å². The molecule has 0 radical (unpaired) electrons. The van der Waals surface area contributed by atoms with Gasteiger partial charge < -0.3 is 0 Å². The number of rotatable bonds is 5. The maximum atomic E-state index is 13.2. The molecule has 0 aliphatic heterocycles. The van der Waals surface area contributed by atoms with E-state index in [9.17, 15) is 4.79 Å². The van der Waals surface area contributed by atoms with Crippen molar-refractivity contribution in [2.24, 2.45) is 7.05 Å². The summed E-state index contributed by atoms with van der Waals surface area (Å²) in [6.45, 7) is 3.84. The fourth-order valence-electron chi connectivity index (χ4n) is 2.92. The van der Waals surface area contributed by atoms with Crippen LogP contribution < -0.4 is 5.56 Å². The predicted molar refractivity (Wildman–Crippen MR) is 105 cm³/mol. The average Bonchev–Trinajstić information content (AvgIpc) is 3.25. The van der Waals surface area contributed by atoms with E-state index in [1.54, 1.807) is 27.8 Å². The van der Waals surface area contributed by atoms with Crippen LogP contribution in [0.4, 0.5) is 0 Å². The number of tetrazole rings is 1. The molecule has 142 valence electrons. The number of hydrogen-bond donors (Lipinski definition) is 0. The van der Waals surface area contributed by atoms with E-state index >= 15 is 0 Å². The third kappa shape index (κ3) is 3.11. The standard InChI is InChI=1S/C18H18N8OS/c1-12-15(17(27)26(24(12)3)14-8-5-4-6-9-14)25-18(21-22-23-25)28-13(2)16-19-10-7-11-20-16/h4-11,13H,1-3H3. The SMILES string of the molecule is Cc1c(-n2nnnc2SC(C)c2ncccn2)c(=O)n(-c2ccccc2)n1C. The molecule has 0 saturated carbocycles. The van der Waals surface area contributed by atoms with E-state index in [4.69, 9.17) is 0 Å². The lowest BCUT2D eigenvalue weighted by atomic mass is 10.3. The Morgan fingerprint density at radius 1 is 1.07 bits per heavy atom. The first-order valence-electron chi connectivity index (χ1n) is 8.64. The quantitative estimate of drug-likeness (QED) is 0.478. The molecule has 0 spiro atoms. The van der Waals surface area contributed by atoms with Gasteiger partial charge in [0.25, 0.3) is 5.56 Å². The molecule has 1 aromatic carbocycles. The molecule has 1 atom stereocenters. The predicted octanol–water partition coefficient (Wildman–Crippen LogP) is 2.10. The normalized spacial score (nSPS) is 12.2. The monoisotopic (exact) mass is 394 g/mol. The number of aromatic nitrogens is 8. The molecule has 1 unspecified atom stereocenters. The van der Waals surface area contributed by atoms with Crippen molar-refractivity contribution in [3.8, 4) is 11.4 Å². The van der Waals surface area contributed by atoms with E-state index in [1.165, 1.54) is 16.4 Å². The number of para-hydroxylation sites is 1. The van der Waals surface area contributed by atoms with Crippen LogP contribution in [-0.4, -0.2) is 39.5 Å². The smallest absolute Gasteiger partial charge is 0.283 e. The molecule has 10 heteroatoms. The molecule has 0 amide bonds. The molecule has 9 nitrogen and oxygen atoms in total. The Morgan fingerprint density at radius 2 is 1.79 bits per heavy atom. The lowest BCUT2D eigenvalue weighted by Crippen LogP contribution is -2.22. The molecule has 4 aromatic rings. The van der Waals surface area contributed by atoms with Crippen molar-refractivity contribution in [3.63, 3.8) is 0 Å². The highest BCUT2D eigenvalue weighted by Crippen LogP contribution is 2.32. The zero-order valence-electron chi connectivity index (χ0n) is 15.6. The molecule has 0 saturated heterocycles. The minimum atomic E-state index is -0.191. The van der Waals surface area contributed by atoms with Crippen LogP contribution in [0.25, 0.3) is 11.4 Å². The summed E-state index contributed by atoms with van der Waals surface area (Å²) in [5, 5.41) is 12.4. The zero-order valence-corrected chi connectivity index (χ0v) is 16.4. The summed E-state index contributed by atoms with van der Waals surface area (Å²) in [6.07, 6.45) is 3.39. The van der Waals surface area contributed by atoms with Crippen molar-refractivity contribution in [1.82, 2.24) is 39.5 Å². The summed E-state index contributed by atoms with van der Waals surface area (Å²) in [5.74, 6) is 0.675. The van der Waals surface area contributed by atoms with E-state index in [0.717, 1.165) is 11.4 Å². The van der Waals surface area contributed by atoms with Crippen molar-refractivity contribution in [1.29, 1.82) is 0 Å². The van der Waals surface area contributed by atoms with Crippen LogP contribution in [0.2, 0.25) is 0 Å². The van der Waals surface area contributed by atoms with Crippen LogP contribution in [0.3, 0.4) is 0 Å².